The first kappa shape index (κ1) is 24.8. The minimum absolute atomic E-state index is 0.00934. The van der Waals surface area contributed by atoms with Gasteiger partial charge in [-0.3, -0.25) is 4.79 Å². The van der Waals surface area contributed by atoms with Gasteiger partial charge in [0, 0.05) is 25.4 Å². The number of nitrogens with zero attached hydrogens (tertiary/aromatic N) is 1. The summed E-state index contributed by atoms with van der Waals surface area (Å²) in [6.07, 6.45) is 1.02. The summed E-state index contributed by atoms with van der Waals surface area (Å²) in [6.45, 7) is 6.85. The summed E-state index contributed by atoms with van der Waals surface area (Å²) in [6, 6.07) is 15.6. The van der Waals surface area contributed by atoms with E-state index in [2.05, 4.69) is 29.6 Å². The number of ether oxygens (including phenoxy) is 1. The molecule has 0 saturated carbocycles. The van der Waals surface area contributed by atoms with Crippen LogP contribution in [0.2, 0.25) is 0 Å². The van der Waals surface area contributed by atoms with Crippen LogP contribution >= 0.6 is 0 Å². The van der Waals surface area contributed by atoms with E-state index >= 15 is 0 Å². The molecule has 7 nitrogen and oxygen atoms in total. The number of hydrogen-bond acceptors (Lipinski definition) is 4. The summed E-state index contributed by atoms with van der Waals surface area (Å²) in [7, 11) is 0. The van der Waals surface area contributed by atoms with Crippen molar-refractivity contribution in [1.82, 2.24) is 10.2 Å². The van der Waals surface area contributed by atoms with E-state index in [1.165, 1.54) is 16.0 Å². The SMILES string of the molecule is CC(CCC(=O)N1CCC(C)(C)C1C(=O)O)CNC(=O)OCC1c2ccccc2-c2ccccc21. The van der Waals surface area contributed by atoms with Gasteiger partial charge in [-0.1, -0.05) is 69.3 Å². The molecule has 186 valence electrons. The quantitative estimate of drug-likeness (QED) is 0.576. The van der Waals surface area contributed by atoms with Crippen LogP contribution in [0.25, 0.3) is 11.1 Å². The van der Waals surface area contributed by atoms with Crippen molar-refractivity contribution in [2.75, 3.05) is 19.7 Å². The second-order valence-electron chi connectivity index (χ2n) is 10.4. The fourth-order valence-corrected chi connectivity index (χ4v) is 5.36. The molecule has 4 rings (SSSR count). The first-order valence-electron chi connectivity index (χ1n) is 12.3. The van der Waals surface area contributed by atoms with Gasteiger partial charge in [-0.25, -0.2) is 9.59 Å². The highest BCUT2D eigenvalue weighted by molar-refractivity contribution is 5.85. The van der Waals surface area contributed by atoms with Crippen molar-refractivity contribution in [3.8, 4) is 11.1 Å². The first-order chi connectivity index (χ1) is 16.7. The monoisotopic (exact) mass is 478 g/mol. The molecular formula is C28H34N2O5. The summed E-state index contributed by atoms with van der Waals surface area (Å²) >= 11 is 0. The van der Waals surface area contributed by atoms with E-state index in [1.807, 2.05) is 45.0 Å². The minimum atomic E-state index is -0.953. The van der Waals surface area contributed by atoms with Gasteiger partial charge in [0.15, 0.2) is 0 Å². The molecule has 1 saturated heterocycles. The van der Waals surface area contributed by atoms with Crippen LogP contribution < -0.4 is 5.32 Å². The Labute approximate surface area is 206 Å². The largest absolute Gasteiger partial charge is 0.480 e. The summed E-state index contributed by atoms with van der Waals surface area (Å²) in [5.74, 6) is -1.03. The molecule has 0 radical (unpaired) electrons. The standard InChI is InChI=1S/C28H34N2O5/c1-18(12-13-24(31)30-15-14-28(2,3)25(30)26(32)33)16-29-27(34)35-17-23-21-10-6-4-8-19(21)20-9-5-7-11-22(20)23/h4-11,18,23,25H,12-17H2,1-3H3,(H,29,34)(H,32,33). The van der Waals surface area contributed by atoms with Gasteiger partial charge in [0.25, 0.3) is 0 Å². The third-order valence-electron chi connectivity index (χ3n) is 7.39. The zero-order valence-corrected chi connectivity index (χ0v) is 20.6. The van der Waals surface area contributed by atoms with Gasteiger partial charge in [-0.05, 0) is 46.4 Å². The number of benzene rings is 2. The van der Waals surface area contributed by atoms with Crippen LogP contribution in [0.3, 0.4) is 0 Å². The van der Waals surface area contributed by atoms with Crippen molar-refractivity contribution >= 4 is 18.0 Å². The zero-order chi connectivity index (χ0) is 25.2. The molecule has 2 N–H and O–H groups in total. The van der Waals surface area contributed by atoms with E-state index in [0.717, 1.165) is 11.1 Å². The van der Waals surface area contributed by atoms with Crippen molar-refractivity contribution in [3.63, 3.8) is 0 Å². The molecule has 0 bridgehead atoms. The summed E-state index contributed by atoms with van der Waals surface area (Å²) < 4.78 is 5.57. The number of carboxylic acid groups (broad SMARTS) is 1. The summed E-state index contributed by atoms with van der Waals surface area (Å²) in [4.78, 5) is 38.3. The smallest absolute Gasteiger partial charge is 0.407 e. The Morgan fingerprint density at radius 3 is 2.29 bits per heavy atom. The van der Waals surface area contributed by atoms with Gasteiger partial charge in [-0.15, -0.1) is 0 Å². The fourth-order valence-electron chi connectivity index (χ4n) is 5.36. The number of fused-ring (bicyclic) bond motifs is 3. The van der Waals surface area contributed by atoms with Crippen LogP contribution in [-0.2, 0) is 14.3 Å². The number of alkyl carbamates (subject to hydrolysis) is 1. The van der Waals surface area contributed by atoms with Crippen LogP contribution in [-0.4, -0.2) is 53.7 Å². The lowest BCUT2D eigenvalue weighted by atomic mass is 9.85. The fraction of sp³-hybridized carbons (Fsp3) is 0.464. The van der Waals surface area contributed by atoms with Gasteiger partial charge in [0.2, 0.25) is 5.91 Å². The molecule has 2 aromatic rings. The predicted octanol–water partition coefficient (Wildman–Crippen LogP) is 4.65. The van der Waals surface area contributed by atoms with Gasteiger partial charge in [0.1, 0.15) is 12.6 Å². The number of carbonyl (C=O) groups excluding carboxylic acids is 2. The molecule has 7 heteroatoms. The topological polar surface area (TPSA) is 95.9 Å². The molecule has 0 aromatic heterocycles. The van der Waals surface area contributed by atoms with E-state index in [-0.39, 0.29) is 30.8 Å². The summed E-state index contributed by atoms with van der Waals surface area (Å²) in [5, 5.41) is 12.4. The van der Waals surface area contributed by atoms with Gasteiger partial charge >= 0.3 is 12.1 Å². The zero-order valence-electron chi connectivity index (χ0n) is 20.6. The molecule has 1 fully saturated rings. The van der Waals surface area contributed by atoms with Crippen molar-refractivity contribution in [1.29, 1.82) is 0 Å². The summed E-state index contributed by atoms with van der Waals surface area (Å²) in [5.41, 5.74) is 4.26. The highest BCUT2D eigenvalue weighted by Crippen LogP contribution is 2.44. The van der Waals surface area contributed by atoms with E-state index in [9.17, 15) is 19.5 Å². The Morgan fingerprint density at radius 1 is 1.09 bits per heavy atom. The number of amides is 2. The van der Waals surface area contributed by atoms with Crippen molar-refractivity contribution in [2.45, 2.75) is 52.0 Å². The normalized spacial score (nSPS) is 19.1. The molecule has 1 heterocycles. The molecule has 2 amide bonds. The Balaban J connectivity index is 1.23. The molecule has 0 spiro atoms. The predicted molar refractivity (Wildman–Crippen MR) is 133 cm³/mol. The lowest BCUT2D eigenvalue weighted by Gasteiger charge is -2.29. The highest BCUT2D eigenvalue weighted by Gasteiger charge is 2.46. The Morgan fingerprint density at radius 2 is 1.69 bits per heavy atom. The molecular weight excluding hydrogens is 444 g/mol. The average Bonchev–Trinajstić information content (AvgIpc) is 3.33. The lowest BCUT2D eigenvalue weighted by molar-refractivity contribution is -0.151. The molecule has 2 aromatic carbocycles. The molecule has 2 unspecified atom stereocenters. The van der Waals surface area contributed by atoms with Crippen LogP contribution in [0.15, 0.2) is 48.5 Å². The maximum absolute atomic E-state index is 12.7. The maximum Gasteiger partial charge on any atom is 0.407 e. The maximum atomic E-state index is 12.7. The first-order valence-corrected chi connectivity index (χ1v) is 12.3. The number of hydrogen-bond donors (Lipinski definition) is 2. The third kappa shape index (κ3) is 5.19. The highest BCUT2D eigenvalue weighted by atomic mass is 16.5. The number of likely N-dealkylation sites (tertiary alicyclic amines) is 1. The Kier molecular flexibility index (Phi) is 7.15. The van der Waals surface area contributed by atoms with Crippen molar-refractivity contribution in [2.24, 2.45) is 11.3 Å². The number of rotatable bonds is 8. The minimum Gasteiger partial charge on any atom is -0.480 e. The lowest BCUT2D eigenvalue weighted by Crippen LogP contribution is -2.46. The van der Waals surface area contributed by atoms with Crippen LogP contribution in [0.4, 0.5) is 4.79 Å². The number of nitrogens with one attached hydrogen (secondary N) is 1. The third-order valence-corrected chi connectivity index (χ3v) is 7.39. The molecule has 2 aliphatic rings. The second-order valence-corrected chi connectivity index (χ2v) is 10.4. The van der Waals surface area contributed by atoms with Gasteiger partial charge in [-0.2, -0.15) is 0 Å². The molecule has 1 aliphatic carbocycles. The molecule has 2 atom stereocenters. The number of carboxylic acids is 1. The molecule has 35 heavy (non-hydrogen) atoms. The van der Waals surface area contributed by atoms with Crippen molar-refractivity contribution in [3.05, 3.63) is 59.7 Å². The van der Waals surface area contributed by atoms with E-state index in [0.29, 0.717) is 25.9 Å². The van der Waals surface area contributed by atoms with Crippen LogP contribution in [0.1, 0.15) is 57.1 Å². The number of carbonyl (C=O) groups is 3. The van der Waals surface area contributed by atoms with Gasteiger partial charge < -0.3 is 20.1 Å². The molecule has 1 aliphatic heterocycles. The van der Waals surface area contributed by atoms with E-state index in [1.54, 1.807) is 0 Å². The van der Waals surface area contributed by atoms with E-state index < -0.39 is 23.5 Å². The van der Waals surface area contributed by atoms with Crippen LogP contribution in [0.5, 0.6) is 0 Å². The number of aliphatic carboxylic acids is 1. The van der Waals surface area contributed by atoms with Crippen molar-refractivity contribution < 1.29 is 24.2 Å². The van der Waals surface area contributed by atoms with E-state index in [4.69, 9.17) is 4.74 Å². The Hall–Kier alpha value is -3.35. The average molecular weight is 479 g/mol. The van der Waals surface area contributed by atoms with Gasteiger partial charge in [0.05, 0.1) is 0 Å². The second kappa shape index (κ2) is 10.1. The van der Waals surface area contributed by atoms with Crippen LogP contribution in [0, 0.1) is 11.3 Å². The Bertz CT molecular complexity index is 1070.